The lowest BCUT2D eigenvalue weighted by molar-refractivity contribution is 0.122. The first-order chi connectivity index (χ1) is 10.3. The van der Waals surface area contributed by atoms with Crippen LogP contribution < -0.4 is 10.2 Å². The van der Waals surface area contributed by atoms with Crippen molar-refractivity contribution in [2.45, 2.75) is 13.5 Å². The van der Waals surface area contributed by atoms with Gasteiger partial charge in [0, 0.05) is 25.4 Å². The highest BCUT2D eigenvalue weighted by molar-refractivity contribution is 5.48. The minimum atomic E-state index is 0.654. The van der Waals surface area contributed by atoms with Crippen LogP contribution in [0.25, 0.3) is 0 Å². The van der Waals surface area contributed by atoms with Crippen LogP contribution in [0.15, 0.2) is 30.7 Å². The third kappa shape index (κ3) is 3.66. The monoisotopic (exact) mass is 285 g/mol. The highest BCUT2D eigenvalue weighted by atomic mass is 16.5. The van der Waals surface area contributed by atoms with Crippen molar-refractivity contribution in [2.24, 2.45) is 0 Å². The van der Waals surface area contributed by atoms with Gasteiger partial charge in [-0.25, -0.2) is 9.97 Å². The molecule has 1 fully saturated rings. The average molecular weight is 285 g/mol. The van der Waals surface area contributed by atoms with E-state index in [1.165, 1.54) is 5.56 Å². The molecule has 21 heavy (non-hydrogen) atoms. The Hall–Kier alpha value is -2.21. The van der Waals surface area contributed by atoms with Gasteiger partial charge < -0.3 is 15.0 Å². The summed E-state index contributed by atoms with van der Waals surface area (Å²) in [6.45, 7) is 5.96. The average Bonchev–Trinajstić information content (AvgIpc) is 2.54. The van der Waals surface area contributed by atoms with E-state index in [1.54, 1.807) is 6.33 Å². The van der Waals surface area contributed by atoms with E-state index in [0.29, 0.717) is 6.54 Å². The van der Waals surface area contributed by atoms with E-state index in [4.69, 9.17) is 4.74 Å². The number of hydrogen-bond acceptors (Lipinski definition) is 6. The SMILES string of the molecule is Cc1ccnc(CNc2cc(N3CCOCC3)ncn2)c1. The van der Waals surface area contributed by atoms with E-state index < -0.39 is 0 Å². The van der Waals surface area contributed by atoms with Crippen LogP contribution in [0, 0.1) is 6.92 Å². The zero-order valence-corrected chi connectivity index (χ0v) is 12.1. The van der Waals surface area contributed by atoms with Crippen LogP contribution in [0.4, 0.5) is 11.6 Å². The Morgan fingerprint density at radius 3 is 2.86 bits per heavy atom. The highest BCUT2D eigenvalue weighted by Crippen LogP contribution is 2.15. The Morgan fingerprint density at radius 1 is 1.19 bits per heavy atom. The first-order valence-corrected chi connectivity index (χ1v) is 7.11. The molecule has 3 rings (SSSR count). The summed E-state index contributed by atoms with van der Waals surface area (Å²) < 4.78 is 5.36. The lowest BCUT2D eigenvalue weighted by atomic mass is 10.2. The van der Waals surface area contributed by atoms with Crippen LogP contribution in [0.3, 0.4) is 0 Å². The second kappa shape index (κ2) is 6.49. The summed E-state index contributed by atoms with van der Waals surface area (Å²) in [5.74, 6) is 1.75. The van der Waals surface area contributed by atoms with Gasteiger partial charge in [-0.15, -0.1) is 0 Å². The topological polar surface area (TPSA) is 63.2 Å². The molecule has 0 atom stereocenters. The van der Waals surface area contributed by atoms with Crippen molar-refractivity contribution in [3.63, 3.8) is 0 Å². The normalized spacial score (nSPS) is 15.0. The minimum absolute atomic E-state index is 0.654. The van der Waals surface area contributed by atoms with Crippen molar-refractivity contribution in [3.8, 4) is 0 Å². The Balaban J connectivity index is 1.65. The fraction of sp³-hybridized carbons (Fsp3) is 0.400. The molecule has 6 nitrogen and oxygen atoms in total. The van der Waals surface area contributed by atoms with E-state index in [2.05, 4.69) is 38.2 Å². The van der Waals surface area contributed by atoms with Crippen LogP contribution in [0.1, 0.15) is 11.3 Å². The molecular weight excluding hydrogens is 266 g/mol. The van der Waals surface area contributed by atoms with Gasteiger partial charge in [0.25, 0.3) is 0 Å². The number of morpholine rings is 1. The van der Waals surface area contributed by atoms with Crippen LogP contribution in [0.5, 0.6) is 0 Å². The molecule has 0 saturated carbocycles. The molecule has 1 aliphatic rings. The number of ether oxygens (including phenoxy) is 1. The number of hydrogen-bond donors (Lipinski definition) is 1. The van der Waals surface area contributed by atoms with Crippen molar-refractivity contribution in [1.29, 1.82) is 0 Å². The fourth-order valence-corrected chi connectivity index (χ4v) is 2.29. The standard InChI is InChI=1S/C15H19N5O/c1-12-2-3-16-13(8-12)10-17-14-9-15(19-11-18-14)20-4-6-21-7-5-20/h2-3,8-9,11H,4-7,10H2,1H3,(H,17,18,19). The molecule has 0 amide bonds. The van der Waals surface area contributed by atoms with E-state index in [0.717, 1.165) is 43.6 Å². The Labute approximate surface area is 124 Å². The molecule has 0 spiro atoms. The molecule has 1 aliphatic heterocycles. The number of rotatable bonds is 4. The summed E-state index contributed by atoms with van der Waals surface area (Å²) >= 11 is 0. The molecule has 2 aromatic rings. The summed E-state index contributed by atoms with van der Waals surface area (Å²) in [4.78, 5) is 15.1. The minimum Gasteiger partial charge on any atom is -0.378 e. The number of aromatic nitrogens is 3. The highest BCUT2D eigenvalue weighted by Gasteiger charge is 2.12. The predicted molar refractivity (Wildman–Crippen MR) is 81.4 cm³/mol. The zero-order valence-electron chi connectivity index (χ0n) is 12.1. The molecule has 0 unspecified atom stereocenters. The predicted octanol–water partition coefficient (Wildman–Crippen LogP) is 1.63. The van der Waals surface area contributed by atoms with Crippen molar-refractivity contribution in [3.05, 3.63) is 42.0 Å². The smallest absolute Gasteiger partial charge is 0.134 e. The molecule has 110 valence electrons. The number of aryl methyl sites for hydroxylation is 1. The summed E-state index contributed by atoms with van der Waals surface area (Å²) in [6, 6.07) is 6.03. The van der Waals surface area contributed by atoms with Gasteiger partial charge >= 0.3 is 0 Å². The van der Waals surface area contributed by atoms with Crippen molar-refractivity contribution < 1.29 is 4.74 Å². The molecule has 6 heteroatoms. The maximum Gasteiger partial charge on any atom is 0.134 e. The Morgan fingerprint density at radius 2 is 2.05 bits per heavy atom. The lowest BCUT2D eigenvalue weighted by Gasteiger charge is -2.27. The summed E-state index contributed by atoms with van der Waals surface area (Å²) in [5, 5.41) is 3.30. The van der Waals surface area contributed by atoms with E-state index >= 15 is 0 Å². The summed E-state index contributed by atoms with van der Waals surface area (Å²) in [7, 11) is 0. The number of anilines is 2. The largest absolute Gasteiger partial charge is 0.378 e. The molecular formula is C15H19N5O. The van der Waals surface area contributed by atoms with Gasteiger partial charge in [-0.3, -0.25) is 4.98 Å². The maximum atomic E-state index is 5.36. The van der Waals surface area contributed by atoms with Gasteiger partial charge in [0.15, 0.2) is 0 Å². The van der Waals surface area contributed by atoms with Gasteiger partial charge in [0.2, 0.25) is 0 Å². The van der Waals surface area contributed by atoms with Crippen molar-refractivity contribution >= 4 is 11.6 Å². The Bertz CT molecular complexity index is 598. The van der Waals surface area contributed by atoms with Gasteiger partial charge in [0.05, 0.1) is 25.5 Å². The zero-order chi connectivity index (χ0) is 14.5. The second-order valence-corrected chi connectivity index (χ2v) is 5.04. The van der Waals surface area contributed by atoms with Gasteiger partial charge in [-0.2, -0.15) is 0 Å². The van der Waals surface area contributed by atoms with Crippen LogP contribution in [-0.2, 0) is 11.3 Å². The number of nitrogens with zero attached hydrogens (tertiary/aromatic N) is 4. The fourth-order valence-electron chi connectivity index (χ4n) is 2.29. The molecule has 2 aromatic heterocycles. The molecule has 3 heterocycles. The van der Waals surface area contributed by atoms with Gasteiger partial charge in [0.1, 0.15) is 18.0 Å². The summed E-state index contributed by atoms with van der Waals surface area (Å²) in [5.41, 5.74) is 2.21. The molecule has 0 bridgehead atoms. The second-order valence-electron chi connectivity index (χ2n) is 5.04. The van der Waals surface area contributed by atoms with Gasteiger partial charge in [-0.1, -0.05) is 0 Å². The first kappa shape index (κ1) is 13.8. The van der Waals surface area contributed by atoms with Gasteiger partial charge in [-0.05, 0) is 24.6 Å². The molecule has 1 N–H and O–H groups in total. The maximum absolute atomic E-state index is 5.36. The van der Waals surface area contributed by atoms with Crippen molar-refractivity contribution in [1.82, 2.24) is 15.0 Å². The third-order valence-corrected chi connectivity index (χ3v) is 3.41. The van der Waals surface area contributed by atoms with Crippen molar-refractivity contribution in [2.75, 3.05) is 36.5 Å². The lowest BCUT2D eigenvalue weighted by Crippen LogP contribution is -2.36. The molecule has 1 saturated heterocycles. The Kier molecular flexibility index (Phi) is 4.25. The van der Waals surface area contributed by atoms with Crippen LogP contribution in [-0.4, -0.2) is 41.3 Å². The van der Waals surface area contributed by atoms with Crippen LogP contribution in [0.2, 0.25) is 0 Å². The van der Waals surface area contributed by atoms with E-state index in [9.17, 15) is 0 Å². The summed E-state index contributed by atoms with van der Waals surface area (Å²) in [6.07, 6.45) is 3.42. The third-order valence-electron chi connectivity index (χ3n) is 3.41. The number of nitrogens with one attached hydrogen (secondary N) is 1. The molecule has 0 radical (unpaired) electrons. The molecule has 0 aliphatic carbocycles. The first-order valence-electron chi connectivity index (χ1n) is 7.11. The van der Waals surface area contributed by atoms with E-state index in [-0.39, 0.29) is 0 Å². The number of pyridine rings is 1. The molecule has 0 aromatic carbocycles. The van der Waals surface area contributed by atoms with E-state index in [1.807, 2.05) is 18.3 Å². The van der Waals surface area contributed by atoms with Crippen LogP contribution >= 0.6 is 0 Å². The quantitative estimate of drug-likeness (QED) is 0.921.